The van der Waals surface area contributed by atoms with Crippen molar-refractivity contribution >= 4 is 0 Å². The van der Waals surface area contributed by atoms with Gasteiger partial charge in [-0.25, -0.2) is 0 Å². The van der Waals surface area contributed by atoms with E-state index in [1.54, 1.807) is 0 Å². The Morgan fingerprint density at radius 3 is 2.45 bits per heavy atom. The van der Waals surface area contributed by atoms with Crippen molar-refractivity contribution in [3.05, 3.63) is 0 Å². The Labute approximate surface area is 120 Å². The number of aliphatic hydroxyl groups is 2. The molecule has 2 aliphatic rings. The lowest BCUT2D eigenvalue weighted by Gasteiger charge is -2.43. The van der Waals surface area contributed by atoms with Crippen LogP contribution in [0.1, 0.15) is 32.6 Å². The van der Waals surface area contributed by atoms with Crippen LogP contribution in [0.5, 0.6) is 0 Å². The number of ether oxygens (including phenoxy) is 1. The SMILES string of the molecule is CNC1C(C)CCC(OC2C(N)CC(N)CC2O)C1O. The summed E-state index contributed by atoms with van der Waals surface area (Å²) in [6, 6.07) is -0.317. The van der Waals surface area contributed by atoms with Crippen molar-refractivity contribution in [2.75, 3.05) is 7.05 Å². The molecule has 0 radical (unpaired) electrons. The summed E-state index contributed by atoms with van der Waals surface area (Å²) in [5.74, 6) is 0.410. The van der Waals surface area contributed by atoms with Gasteiger partial charge in [0.2, 0.25) is 0 Å². The Bertz CT molecular complexity index is 306. The molecule has 0 aromatic heterocycles. The standard InChI is InChI=1S/C14H29N3O3/c1-7-3-4-11(13(19)12(7)17-2)20-14-9(16)5-8(15)6-10(14)18/h7-14,17-19H,3-6,15-16H2,1-2H3. The van der Waals surface area contributed by atoms with E-state index in [2.05, 4.69) is 12.2 Å². The van der Waals surface area contributed by atoms with E-state index in [9.17, 15) is 10.2 Å². The Balaban J connectivity index is 1.98. The average molecular weight is 287 g/mol. The highest BCUT2D eigenvalue weighted by Crippen LogP contribution is 2.30. The highest BCUT2D eigenvalue weighted by molar-refractivity contribution is 4.95. The fraction of sp³-hybridized carbons (Fsp3) is 1.00. The van der Waals surface area contributed by atoms with Gasteiger partial charge in [0.05, 0.1) is 24.4 Å². The molecule has 0 spiro atoms. The summed E-state index contributed by atoms with van der Waals surface area (Å²) < 4.78 is 5.98. The molecule has 0 bridgehead atoms. The zero-order chi connectivity index (χ0) is 14.9. The average Bonchev–Trinajstić information content (AvgIpc) is 2.36. The van der Waals surface area contributed by atoms with Crippen molar-refractivity contribution < 1.29 is 14.9 Å². The van der Waals surface area contributed by atoms with Crippen molar-refractivity contribution in [2.24, 2.45) is 17.4 Å². The van der Waals surface area contributed by atoms with E-state index < -0.39 is 18.3 Å². The highest BCUT2D eigenvalue weighted by atomic mass is 16.5. The molecule has 20 heavy (non-hydrogen) atoms. The van der Waals surface area contributed by atoms with Crippen molar-refractivity contribution in [1.29, 1.82) is 0 Å². The third kappa shape index (κ3) is 3.32. The second kappa shape index (κ2) is 6.68. The molecule has 2 rings (SSSR count). The number of aliphatic hydroxyl groups excluding tert-OH is 2. The van der Waals surface area contributed by atoms with Gasteiger partial charge in [0.15, 0.2) is 0 Å². The maximum atomic E-state index is 10.4. The minimum absolute atomic E-state index is 0.0213. The number of nitrogens with two attached hydrogens (primary N) is 2. The van der Waals surface area contributed by atoms with Gasteiger partial charge in [0, 0.05) is 18.1 Å². The summed E-state index contributed by atoms with van der Waals surface area (Å²) in [4.78, 5) is 0. The fourth-order valence-corrected chi connectivity index (χ4v) is 3.65. The first-order valence-electron chi connectivity index (χ1n) is 7.64. The molecule has 7 N–H and O–H groups in total. The molecule has 6 heteroatoms. The van der Waals surface area contributed by atoms with E-state index >= 15 is 0 Å². The molecular formula is C14H29N3O3. The van der Waals surface area contributed by atoms with Gasteiger partial charge in [-0.3, -0.25) is 0 Å². The van der Waals surface area contributed by atoms with Gasteiger partial charge in [-0.05, 0) is 38.6 Å². The van der Waals surface area contributed by atoms with E-state index in [0.717, 1.165) is 12.8 Å². The lowest BCUT2D eigenvalue weighted by Crippen LogP contribution is -2.59. The summed E-state index contributed by atoms with van der Waals surface area (Å²) >= 11 is 0. The smallest absolute Gasteiger partial charge is 0.0990 e. The van der Waals surface area contributed by atoms with E-state index in [0.29, 0.717) is 18.8 Å². The minimum atomic E-state index is -0.645. The van der Waals surface area contributed by atoms with Gasteiger partial charge in [-0.1, -0.05) is 6.92 Å². The van der Waals surface area contributed by atoms with Crippen LogP contribution in [-0.4, -0.2) is 59.8 Å². The Morgan fingerprint density at radius 2 is 1.85 bits per heavy atom. The molecule has 8 unspecified atom stereocenters. The lowest BCUT2D eigenvalue weighted by molar-refractivity contribution is -0.156. The monoisotopic (exact) mass is 287 g/mol. The first-order chi connectivity index (χ1) is 9.43. The van der Waals surface area contributed by atoms with Gasteiger partial charge in [-0.2, -0.15) is 0 Å². The summed E-state index contributed by atoms with van der Waals surface area (Å²) in [5.41, 5.74) is 11.9. The van der Waals surface area contributed by atoms with E-state index in [1.165, 1.54) is 0 Å². The van der Waals surface area contributed by atoms with Crippen molar-refractivity contribution in [1.82, 2.24) is 5.32 Å². The first-order valence-corrected chi connectivity index (χ1v) is 7.64. The number of rotatable bonds is 3. The van der Waals surface area contributed by atoms with Gasteiger partial charge < -0.3 is 31.7 Å². The molecule has 0 amide bonds. The Morgan fingerprint density at radius 1 is 1.15 bits per heavy atom. The fourth-order valence-electron chi connectivity index (χ4n) is 3.65. The van der Waals surface area contributed by atoms with Crippen molar-refractivity contribution in [3.8, 4) is 0 Å². The van der Waals surface area contributed by atoms with Crippen LogP contribution in [-0.2, 0) is 4.74 Å². The molecular weight excluding hydrogens is 258 g/mol. The predicted molar refractivity (Wildman–Crippen MR) is 77.1 cm³/mol. The zero-order valence-electron chi connectivity index (χ0n) is 12.4. The van der Waals surface area contributed by atoms with Crippen LogP contribution in [0.4, 0.5) is 0 Å². The second-order valence-electron chi connectivity index (χ2n) is 6.46. The van der Waals surface area contributed by atoms with Crippen LogP contribution >= 0.6 is 0 Å². The van der Waals surface area contributed by atoms with E-state index in [4.69, 9.17) is 16.2 Å². The third-order valence-electron chi connectivity index (χ3n) is 4.85. The molecule has 2 fully saturated rings. The van der Waals surface area contributed by atoms with Gasteiger partial charge in [0.25, 0.3) is 0 Å². The molecule has 6 nitrogen and oxygen atoms in total. The molecule has 8 atom stereocenters. The van der Waals surface area contributed by atoms with Crippen molar-refractivity contribution in [3.63, 3.8) is 0 Å². The molecule has 0 heterocycles. The van der Waals surface area contributed by atoms with Crippen LogP contribution in [0.3, 0.4) is 0 Å². The quantitative estimate of drug-likeness (QED) is 0.451. The topological polar surface area (TPSA) is 114 Å². The maximum Gasteiger partial charge on any atom is 0.0990 e. The maximum absolute atomic E-state index is 10.4. The van der Waals surface area contributed by atoms with Crippen LogP contribution in [0.25, 0.3) is 0 Å². The molecule has 0 aromatic rings. The number of nitrogens with one attached hydrogen (secondary N) is 1. The molecule has 118 valence electrons. The summed E-state index contributed by atoms with van der Waals surface area (Å²) in [6.45, 7) is 2.13. The summed E-state index contributed by atoms with van der Waals surface area (Å²) in [6.07, 6.45) is 1.02. The Kier molecular flexibility index (Phi) is 5.39. The second-order valence-corrected chi connectivity index (χ2v) is 6.46. The number of hydrogen-bond acceptors (Lipinski definition) is 6. The zero-order valence-corrected chi connectivity index (χ0v) is 12.4. The van der Waals surface area contributed by atoms with Gasteiger partial charge in [0.1, 0.15) is 0 Å². The van der Waals surface area contributed by atoms with Gasteiger partial charge >= 0.3 is 0 Å². The molecule has 2 saturated carbocycles. The minimum Gasteiger partial charge on any atom is -0.390 e. The van der Waals surface area contributed by atoms with Gasteiger partial charge in [-0.15, -0.1) is 0 Å². The Hall–Kier alpha value is -0.240. The first kappa shape index (κ1) is 16.1. The molecule has 0 saturated heterocycles. The highest BCUT2D eigenvalue weighted by Gasteiger charge is 2.41. The van der Waals surface area contributed by atoms with Crippen LogP contribution < -0.4 is 16.8 Å². The normalized spacial score (nSPS) is 50.1. The predicted octanol–water partition coefficient (Wildman–Crippen LogP) is -1.07. The summed E-state index contributed by atoms with van der Waals surface area (Å²) in [7, 11) is 1.85. The largest absolute Gasteiger partial charge is 0.390 e. The van der Waals surface area contributed by atoms with E-state index in [-0.39, 0.29) is 24.2 Å². The number of hydrogen-bond donors (Lipinski definition) is 5. The lowest BCUT2D eigenvalue weighted by atomic mass is 9.81. The third-order valence-corrected chi connectivity index (χ3v) is 4.85. The van der Waals surface area contributed by atoms with E-state index in [1.807, 2.05) is 7.05 Å². The number of likely N-dealkylation sites (N-methyl/N-ethyl adjacent to an activating group) is 1. The van der Waals surface area contributed by atoms with Crippen LogP contribution in [0.2, 0.25) is 0 Å². The summed E-state index contributed by atoms with van der Waals surface area (Å²) in [5, 5.41) is 23.7. The molecule has 0 aliphatic heterocycles. The van der Waals surface area contributed by atoms with Crippen LogP contribution in [0.15, 0.2) is 0 Å². The molecule has 0 aromatic carbocycles. The molecule has 2 aliphatic carbocycles. The van der Waals surface area contributed by atoms with Crippen LogP contribution in [0, 0.1) is 5.92 Å². The van der Waals surface area contributed by atoms with Crippen molar-refractivity contribution in [2.45, 2.75) is 75.1 Å².